The molecule has 0 fully saturated rings. The van der Waals surface area contributed by atoms with Gasteiger partial charge in [-0.2, -0.15) is 0 Å². The van der Waals surface area contributed by atoms with Crippen LogP contribution in [0.5, 0.6) is 0 Å². The number of rotatable bonds is 39. The van der Waals surface area contributed by atoms with Gasteiger partial charge in [-0.25, -0.2) is 4.57 Å². The summed E-state index contributed by atoms with van der Waals surface area (Å²) >= 11 is 0. The van der Waals surface area contributed by atoms with Crippen molar-refractivity contribution in [3.05, 3.63) is 60.8 Å². The highest BCUT2D eigenvalue weighted by atomic mass is 31.2. The molecule has 0 aliphatic carbocycles. The number of ether oxygens (including phenoxy) is 2. The van der Waals surface area contributed by atoms with Gasteiger partial charge in [-0.1, -0.05) is 164 Å². The van der Waals surface area contributed by atoms with Gasteiger partial charge in [0.15, 0.2) is 6.10 Å². The van der Waals surface area contributed by atoms with Crippen LogP contribution < -0.4 is 0 Å². The lowest BCUT2D eigenvalue weighted by Gasteiger charge is -2.24. The number of carbonyl (C=O) groups is 2. The first kappa shape index (κ1) is 53.7. The standard InChI is InChI=1S/C46H82NO8P/c1-6-8-10-12-14-16-18-20-22-23-25-27-29-31-33-35-37-39-46(49)55-44(43-54-56(50,51)53-41-40-47(3,4)5)42-52-45(48)38-36-34-32-30-28-26-24-21-19-17-15-13-11-9-7-2/h8,10,14,16,20,22,25,27,31,33,44H,6-7,9,11-13,15,17-19,21,23-24,26,28-30,32,34-43H2,1-5H3/p+1/t44-/m1/s1. The fourth-order valence-corrected chi connectivity index (χ4v) is 6.38. The molecule has 0 saturated carbocycles. The number of phosphoric acid groups is 1. The molecule has 0 heterocycles. The van der Waals surface area contributed by atoms with E-state index in [1.54, 1.807) is 0 Å². The van der Waals surface area contributed by atoms with Crippen molar-refractivity contribution in [3.63, 3.8) is 0 Å². The highest BCUT2D eigenvalue weighted by molar-refractivity contribution is 7.47. The molecule has 1 N–H and O–H groups in total. The molecule has 56 heavy (non-hydrogen) atoms. The van der Waals surface area contributed by atoms with Crippen molar-refractivity contribution in [2.45, 2.75) is 174 Å². The van der Waals surface area contributed by atoms with Crippen LogP contribution in [-0.2, 0) is 32.7 Å². The first-order chi connectivity index (χ1) is 27.0. The van der Waals surface area contributed by atoms with Gasteiger partial charge in [-0.05, 0) is 51.4 Å². The Morgan fingerprint density at radius 1 is 0.571 bits per heavy atom. The molecule has 0 spiro atoms. The second-order valence-corrected chi connectivity index (χ2v) is 17.2. The third-order valence-corrected chi connectivity index (χ3v) is 10.0. The third kappa shape index (κ3) is 41.3. The number of carbonyl (C=O) groups excluding carboxylic acids is 2. The molecular formula is C46H83NO8P+. The van der Waals surface area contributed by atoms with Crippen molar-refractivity contribution in [2.24, 2.45) is 0 Å². The molecule has 0 amide bonds. The zero-order valence-corrected chi connectivity index (χ0v) is 37.2. The van der Waals surface area contributed by atoms with E-state index < -0.39 is 26.5 Å². The average Bonchev–Trinajstić information content (AvgIpc) is 3.15. The Morgan fingerprint density at radius 2 is 1.02 bits per heavy atom. The Morgan fingerprint density at radius 3 is 1.50 bits per heavy atom. The molecule has 0 aliphatic rings. The summed E-state index contributed by atoms with van der Waals surface area (Å²) in [6.07, 6.45) is 45.6. The fraction of sp³-hybridized carbons (Fsp3) is 0.739. The molecule has 0 aromatic carbocycles. The van der Waals surface area contributed by atoms with Gasteiger partial charge in [-0.15, -0.1) is 0 Å². The zero-order valence-electron chi connectivity index (χ0n) is 36.3. The van der Waals surface area contributed by atoms with E-state index in [2.05, 4.69) is 68.5 Å². The van der Waals surface area contributed by atoms with E-state index in [1.165, 1.54) is 77.0 Å². The number of esters is 2. The molecule has 0 bridgehead atoms. The van der Waals surface area contributed by atoms with Gasteiger partial charge in [0.2, 0.25) is 0 Å². The summed E-state index contributed by atoms with van der Waals surface area (Å²) in [4.78, 5) is 35.3. The molecule has 2 atom stereocenters. The van der Waals surface area contributed by atoms with Crippen LogP contribution in [0.4, 0.5) is 0 Å². The quantitative estimate of drug-likeness (QED) is 0.0215. The number of quaternary nitrogens is 1. The number of allylic oxidation sites excluding steroid dienone is 10. The number of nitrogens with zero attached hydrogens (tertiary/aromatic N) is 1. The first-order valence-electron chi connectivity index (χ1n) is 22.0. The van der Waals surface area contributed by atoms with Crippen molar-refractivity contribution in [3.8, 4) is 0 Å². The van der Waals surface area contributed by atoms with Gasteiger partial charge in [0.1, 0.15) is 19.8 Å². The molecule has 0 aromatic rings. The molecule has 1 unspecified atom stereocenters. The molecule has 324 valence electrons. The van der Waals surface area contributed by atoms with E-state index in [-0.39, 0.29) is 32.0 Å². The monoisotopic (exact) mass is 809 g/mol. The normalized spacial score (nSPS) is 14.2. The highest BCUT2D eigenvalue weighted by Crippen LogP contribution is 2.43. The lowest BCUT2D eigenvalue weighted by molar-refractivity contribution is -0.870. The number of hydrogen-bond donors (Lipinski definition) is 1. The van der Waals surface area contributed by atoms with Gasteiger partial charge >= 0.3 is 19.8 Å². The predicted molar refractivity (Wildman–Crippen MR) is 233 cm³/mol. The van der Waals surface area contributed by atoms with Crippen LogP contribution in [0.2, 0.25) is 0 Å². The van der Waals surface area contributed by atoms with E-state index in [1.807, 2.05) is 27.2 Å². The summed E-state index contributed by atoms with van der Waals surface area (Å²) < 4.78 is 34.2. The highest BCUT2D eigenvalue weighted by Gasteiger charge is 2.27. The topological polar surface area (TPSA) is 108 Å². The van der Waals surface area contributed by atoms with Crippen LogP contribution in [0.15, 0.2) is 60.8 Å². The predicted octanol–water partition coefficient (Wildman–Crippen LogP) is 12.5. The summed E-state index contributed by atoms with van der Waals surface area (Å²) in [6, 6.07) is 0. The van der Waals surface area contributed by atoms with Crippen LogP contribution in [0.3, 0.4) is 0 Å². The Bertz CT molecular complexity index is 1140. The SMILES string of the molecule is CCC=CCC=CCC=CCC=CCC=CCCCC(=O)O[C@H](COC(=O)CCCCCCCCCCCCCCCCC)COP(=O)(O)OCC[N+](C)(C)C. The van der Waals surface area contributed by atoms with E-state index in [0.717, 1.165) is 51.4 Å². The second kappa shape index (κ2) is 38.2. The van der Waals surface area contributed by atoms with Crippen LogP contribution in [0, 0.1) is 0 Å². The van der Waals surface area contributed by atoms with Crippen molar-refractivity contribution in [1.82, 2.24) is 0 Å². The number of unbranched alkanes of at least 4 members (excludes halogenated alkanes) is 15. The van der Waals surface area contributed by atoms with Crippen molar-refractivity contribution < 1.29 is 42.1 Å². The lowest BCUT2D eigenvalue weighted by atomic mass is 10.0. The third-order valence-electron chi connectivity index (χ3n) is 9.06. The maximum Gasteiger partial charge on any atom is 0.472 e. The van der Waals surface area contributed by atoms with Crippen LogP contribution in [0.1, 0.15) is 168 Å². The molecule has 10 heteroatoms. The van der Waals surface area contributed by atoms with Crippen LogP contribution in [-0.4, -0.2) is 74.9 Å². The fourth-order valence-electron chi connectivity index (χ4n) is 5.64. The smallest absolute Gasteiger partial charge is 0.462 e. The maximum absolute atomic E-state index is 12.7. The summed E-state index contributed by atoms with van der Waals surface area (Å²) in [5.41, 5.74) is 0. The second-order valence-electron chi connectivity index (χ2n) is 15.7. The minimum absolute atomic E-state index is 0.0196. The van der Waals surface area contributed by atoms with Gasteiger partial charge in [0.25, 0.3) is 0 Å². The van der Waals surface area contributed by atoms with Crippen molar-refractivity contribution in [1.29, 1.82) is 0 Å². The van der Waals surface area contributed by atoms with Crippen LogP contribution >= 0.6 is 7.82 Å². The Kier molecular flexibility index (Phi) is 36.7. The molecule has 9 nitrogen and oxygen atoms in total. The van der Waals surface area contributed by atoms with Gasteiger partial charge in [0.05, 0.1) is 27.7 Å². The zero-order chi connectivity index (χ0) is 41.4. The number of likely N-dealkylation sites (N-methyl/N-ethyl adjacent to an activating group) is 1. The van der Waals surface area contributed by atoms with Gasteiger partial charge in [-0.3, -0.25) is 18.6 Å². The van der Waals surface area contributed by atoms with E-state index in [0.29, 0.717) is 23.9 Å². The maximum atomic E-state index is 12.7. The van der Waals surface area contributed by atoms with E-state index >= 15 is 0 Å². The number of phosphoric ester groups is 1. The first-order valence-corrected chi connectivity index (χ1v) is 23.5. The largest absolute Gasteiger partial charge is 0.472 e. The molecule has 0 aromatic heterocycles. The average molecular weight is 809 g/mol. The molecule has 0 saturated heterocycles. The summed E-state index contributed by atoms with van der Waals surface area (Å²) in [6.45, 7) is 4.24. The molecular weight excluding hydrogens is 725 g/mol. The minimum Gasteiger partial charge on any atom is -0.462 e. The molecule has 0 aliphatic heterocycles. The van der Waals surface area contributed by atoms with Crippen LogP contribution in [0.25, 0.3) is 0 Å². The molecule has 0 radical (unpaired) electrons. The van der Waals surface area contributed by atoms with Gasteiger partial charge in [0, 0.05) is 12.8 Å². The van der Waals surface area contributed by atoms with Crippen molar-refractivity contribution >= 4 is 19.8 Å². The molecule has 0 rings (SSSR count). The van der Waals surface area contributed by atoms with Crippen molar-refractivity contribution in [2.75, 3.05) is 47.5 Å². The number of hydrogen-bond acceptors (Lipinski definition) is 7. The van der Waals surface area contributed by atoms with Gasteiger partial charge < -0.3 is 18.9 Å². The lowest BCUT2D eigenvalue weighted by Crippen LogP contribution is -2.37. The van der Waals surface area contributed by atoms with E-state index in [9.17, 15) is 19.0 Å². The Hall–Kier alpha value is -2.29. The Labute approximate surface area is 343 Å². The summed E-state index contributed by atoms with van der Waals surface area (Å²) in [5.74, 6) is -0.867. The Balaban J connectivity index is 4.46. The summed E-state index contributed by atoms with van der Waals surface area (Å²) in [7, 11) is 1.44. The summed E-state index contributed by atoms with van der Waals surface area (Å²) in [5, 5.41) is 0. The minimum atomic E-state index is -4.39. The van der Waals surface area contributed by atoms with E-state index in [4.69, 9.17) is 18.5 Å².